The molecule has 1 rings (SSSR count). The topological polar surface area (TPSA) is 12.9 Å². The molecule has 0 N–H and O–H groups in total. The molecule has 10 heavy (non-hydrogen) atoms. The van der Waals surface area contributed by atoms with Crippen LogP contribution in [0.3, 0.4) is 0 Å². The van der Waals surface area contributed by atoms with Crippen LogP contribution in [0.25, 0.3) is 0 Å². The maximum absolute atomic E-state index is 4.27. The van der Waals surface area contributed by atoms with Gasteiger partial charge in [-0.15, -0.1) is 12.6 Å². The molecule has 0 amide bonds. The highest BCUT2D eigenvalue weighted by Crippen LogP contribution is 2.18. The highest BCUT2D eigenvalue weighted by Gasteiger charge is 2.02. The van der Waals surface area contributed by atoms with Gasteiger partial charge in [0.15, 0.2) is 0 Å². The second-order valence-corrected chi connectivity index (χ2v) is 3.04. The number of aromatic nitrogens is 1. The van der Waals surface area contributed by atoms with Gasteiger partial charge < -0.3 is 0 Å². The maximum Gasteiger partial charge on any atom is 0.0561 e. The first-order valence-electron chi connectivity index (χ1n) is 3.35. The summed E-state index contributed by atoms with van der Waals surface area (Å²) in [7, 11) is 0. The zero-order chi connectivity index (χ0) is 7.56. The van der Waals surface area contributed by atoms with Gasteiger partial charge in [0.25, 0.3) is 0 Å². The molecule has 0 aromatic carbocycles. The summed E-state index contributed by atoms with van der Waals surface area (Å²) in [5, 5.41) is 0. The fourth-order valence-corrected chi connectivity index (χ4v) is 1.26. The Morgan fingerprint density at radius 2 is 2.20 bits per heavy atom. The minimum Gasteiger partial charge on any atom is -0.260 e. The number of nitrogens with zero attached hydrogens (tertiary/aromatic N) is 1. The van der Waals surface area contributed by atoms with Gasteiger partial charge in [0, 0.05) is 11.1 Å². The van der Waals surface area contributed by atoms with Crippen molar-refractivity contribution in [3.63, 3.8) is 0 Å². The molecule has 0 radical (unpaired) electrons. The Balaban J connectivity index is 3.03. The van der Waals surface area contributed by atoms with Crippen LogP contribution in [0.4, 0.5) is 0 Å². The van der Waals surface area contributed by atoms with Crippen molar-refractivity contribution in [3.8, 4) is 0 Å². The van der Waals surface area contributed by atoms with Crippen LogP contribution in [0.1, 0.15) is 25.5 Å². The molecule has 1 nitrogen and oxygen atoms in total. The van der Waals surface area contributed by atoms with Crippen LogP contribution < -0.4 is 0 Å². The second kappa shape index (κ2) is 3.06. The quantitative estimate of drug-likeness (QED) is 0.612. The summed E-state index contributed by atoms with van der Waals surface area (Å²) in [6, 6.07) is 3.86. The van der Waals surface area contributed by atoms with E-state index in [9.17, 15) is 0 Å². The summed E-state index contributed by atoms with van der Waals surface area (Å²) in [6.07, 6.45) is 1.80. The van der Waals surface area contributed by atoms with Gasteiger partial charge >= 0.3 is 0 Å². The number of hydrogen-bond donors (Lipinski definition) is 1. The molecule has 0 saturated heterocycles. The first-order chi connectivity index (χ1) is 4.72. The Bertz CT molecular complexity index is 220. The van der Waals surface area contributed by atoms with Crippen LogP contribution >= 0.6 is 12.6 Å². The molecule has 0 spiro atoms. The van der Waals surface area contributed by atoms with Gasteiger partial charge in [-0.25, -0.2) is 0 Å². The van der Waals surface area contributed by atoms with Crippen molar-refractivity contribution in [2.45, 2.75) is 24.7 Å². The molecule has 0 saturated carbocycles. The van der Waals surface area contributed by atoms with Crippen LogP contribution in [0.2, 0.25) is 0 Å². The van der Waals surface area contributed by atoms with E-state index in [2.05, 4.69) is 31.5 Å². The Morgan fingerprint density at radius 1 is 1.50 bits per heavy atom. The van der Waals surface area contributed by atoms with Crippen LogP contribution in [0.5, 0.6) is 0 Å². The van der Waals surface area contributed by atoms with Crippen molar-refractivity contribution in [2.75, 3.05) is 0 Å². The molecule has 0 atom stereocenters. The van der Waals surface area contributed by atoms with Gasteiger partial charge in [0.05, 0.1) is 5.69 Å². The SMILES string of the molecule is CC(C)c1ncccc1S. The van der Waals surface area contributed by atoms with Gasteiger partial charge in [-0.05, 0) is 18.1 Å². The fourth-order valence-electron chi connectivity index (χ4n) is 0.854. The van der Waals surface area contributed by atoms with E-state index in [1.165, 1.54) is 0 Å². The van der Waals surface area contributed by atoms with E-state index in [0.717, 1.165) is 10.6 Å². The van der Waals surface area contributed by atoms with Crippen molar-refractivity contribution in [3.05, 3.63) is 24.0 Å². The molecule has 1 aromatic rings. The van der Waals surface area contributed by atoms with Crippen LogP contribution in [0, 0.1) is 0 Å². The van der Waals surface area contributed by atoms with Crippen molar-refractivity contribution < 1.29 is 0 Å². The van der Waals surface area contributed by atoms with E-state index < -0.39 is 0 Å². The Labute approximate surface area is 66.9 Å². The predicted octanol–water partition coefficient (Wildman–Crippen LogP) is 2.49. The predicted molar refractivity (Wildman–Crippen MR) is 45.6 cm³/mol. The summed E-state index contributed by atoms with van der Waals surface area (Å²) in [5.41, 5.74) is 1.07. The molecule has 0 aliphatic rings. The smallest absolute Gasteiger partial charge is 0.0561 e. The van der Waals surface area contributed by atoms with Gasteiger partial charge in [0.2, 0.25) is 0 Å². The number of thiol groups is 1. The summed E-state index contributed by atoms with van der Waals surface area (Å²) in [5.74, 6) is 0.466. The van der Waals surface area contributed by atoms with Gasteiger partial charge in [-0.2, -0.15) is 0 Å². The molecule has 54 valence electrons. The lowest BCUT2D eigenvalue weighted by Crippen LogP contribution is -1.92. The molecular weight excluding hydrogens is 142 g/mol. The highest BCUT2D eigenvalue weighted by atomic mass is 32.1. The summed E-state index contributed by atoms with van der Waals surface area (Å²) < 4.78 is 0. The molecule has 0 fully saturated rings. The highest BCUT2D eigenvalue weighted by molar-refractivity contribution is 7.80. The standard InChI is InChI=1S/C8H11NS/c1-6(2)8-7(10)4-3-5-9-8/h3-6,10H,1-2H3. The van der Waals surface area contributed by atoms with Crippen LogP contribution in [-0.2, 0) is 0 Å². The number of rotatable bonds is 1. The normalized spacial score (nSPS) is 10.4. The molecular formula is C8H11NS. The third kappa shape index (κ3) is 1.51. The van der Waals surface area contributed by atoms with E-state index >= 15 is 0 Å². The lowest BCUT2D eigenvalue weighted by molar-refractivity contribution is 0.796. The largest absolute Gasteiger partial charge is 0.260 e. The van der Waals surface area contributed by atoms with Gasteiger partial charge in [0.1, 0.15) is 0 Å². The van der Waals surface area contributed by atoms with E-state index in [1.807, 2.05) is 12.1 Å². The number of pyridine rings is 1. The third-order valence-corrected chi connectivity index (χ3v) is 1.74. The zero-order valence-corrected chi connectivity index (χ0v) is 7.10. The van der Waals surface area contributed by atoms with E-state index in [-0.39, 0.29) is 0 Å². The Hall–Kier alpha value is -0.500. The summed E-state index contributed by atoms with van der Waals surface area (Å²) in [4.78, 5) is 5.19. The Morgan fingerprint density at radius 3 is 2.60 bits per heavy atom. The lowest BCUT2D eigenvalue weighted by Gasteiger charge is -2.05. The molecule has 0 aliphatic carbocycles. The summed E-state index contributed by atoms with van der Waals surface area (Å²) in [6.45, 7) is 4.23. The molecule has 0 bridgehead atoms. The van der Waals surface area contributed by atoms with E-state index in [1.54, 1.807) is 6.20 Å². The zero-order valence-electron chi connectivity index (χ0n) is 6.20. The lowest BCUT2D eigenvalue weighted by atomic mass is 10.1. The van der Waals surface area contributed by atoms with Gasteiger partial charge in [-0.3, -0.25) is 4.98 Å². The van der Waals surface area contributed by atoms with E-state index in [0.29, 0.717) is 5.92 Å². The maximum atomic E-state index is 4.27. The minimum atomic E-state index is 0.466. The first-order valence-corrected chi connectivity index (χ1v) is 3.80. The fraction of sp³-hybridized carbons (Fsp3) is 0.375. The number of hydrogen-bond acceptors (Lipinski definition) is 2. The Kier molecular flexibility index (Phi) is 2.33. The average molecular weight is 153 g/mol. The molecule has 1 aromatic heterocycles. The van der Waals surface area contributed by atoms with Gasteiger partial charge in [-0.1, -0.05) is 13.8 Å². The van der Waals surface area contributed by atoms with Crippen molar-refractivity contribution in [2.24, 2.45) is 0 Å². The second-order valence-electron chi connectivity index (χ2n) is 2.56. The first kappa shape index (κ1) is 7.61. The van der Waals surface area contributed by atoms with E-state index in [4.69, 9.17) is 0 Å². The molecule has 0 unspecified atom stereocenters. The van der Waals surface area contributed by atoms with Crippen LogP contribution in [0.15, 0.2) is 23.2 Å². The average Bonchev–Trinajstić information content (AvgIpc) is 1.88. The molecule has 0 aliphatic heterocycles. The summed E-state index contributed by atoms with van der Waals surface area (Å²) >= 11 is 4.27. The van der Waals surface area contributed by atoms with Crippen molar-refractivity contribution in [1.82, 2.24) is 4.98 Å². The molecule has 1 heterocycles. The minimum absolute atomic E-state index is 0.466. The monoisotopic (exact) mass is 153 g/mol. The third-order valence-electron chi connectivity index (χ3n) is 1.36. The van der Waals surface area contributed by atoms with Crippen LogP contribution in [-0.4, -0.2) is 4.98 Å². The van der Waals surface area contributed by atoms with Crippen molar-refractivity contribution in [1.29, 1.82) is 0 Å². The van der Waals surface area contributed by atoms with Crippen molar-refractivity contribution >= 4 is 12.6 Å². The molecule has 2 heteroatoms.